The molecule has 2 aromatic rings. The predicted octanol–water partition coefficient (Wildman–Crippen LogP) is 1.03. The fraction of sp³-hybridized carbons (Fsp3) is 0.182. The number of nitro groups is 1. The lowest BCUT2D eigenvalue weighted by molar-refractivity contribution is -0.384. The zero-order valence-corrected chi connectivity index (χ0v) is 9.29. The van der Waals surface area contributed by atoms with E-state index in [2.05, 4.69) is 4.98 Å². The van der Waals surface area contributed by atoms with Crippen molar-refractivity contribution in [3.8, 4) is 0 Å². The number of aliphatic carboxylic acids is 1. The number of rotatable bonds is 4. The van der Waals surface area contributed by atoms with E-state index in [-0.39, 0.29) is 12.1 Å². The first-order chi connectivity index (χ1) is 8.49. The van der Waals surface area contributed by atoms with Crippen molar-refractivity contribution in [1.82, 2.24) is 4.98 Å². The number of nitrogens with two attached hydrogens (primary N) is 1. The second-order valence-corrected chi connectivity index (χ2v) is 3.95. The topological polar surface area (TPSA) is 122 Å². The molecule has 0 saturated heterocycles. The molecule has 4 N–H and O–H groups in total. The van der Waals surface area contributed by atoms with Crippen LogP contribution in [-0.4, -0.2) is 27.0 Å². The van der Waals surface area contributed by atoms with Crippen LogP contribution in [0.5, 0.6) is 0 Å². The number of aromatic amines is 1. The summed E-state index contributed by atoms with van der Waals surface area (Å²) in [5.41, 5.74) is 6.77. The van der Waals surface area contributed by atoms with E-state index in [1.54, 1.807) is 12.3 Å². The molecule has 0 amide bonds. The molecule has 0 unspecified atom stereocenters. The maximum atomic E-state index is 10.7. The number of benzene rings is 1. The summed E-state index contributed by atoms with van der Waals surface area (Å²) in [7, 11) is 0. The number of hydrogen-bond acceptors (Lipinski definition) is 4. The van der Waals surface area contributed by atoms with Gasteiger partial charge in [-0.05, 0) is 11.6 Å². The first-order valence-corrected chi connectivity index (χ1v) is 5.22. The molecular weight excluding hydrogens is 238 g/mol. The van der Waals surface area contributed by atoms with E-state index in [1.165, 1.54) is 12.1 Å². The number of carbonyl (C=O) groups is 1. The Bertz CT molecular complexity index is 620. The molecular formula is C11H11N3O4. The molecule has 0 saturated carbocycles. The van der Waals surface area contributed by atoms with Crippen LogP contribution in [0.3, 0.4) is 0 Å². The molecule has 1 aromatic heterocycles. The second-order valence-electron chi connectivity index (χ2n) is 3.95. The van der Waals surface area contributed by atoms with Gasteiger partial charge in [0.1, 0.15) is 6.04 Å². The van der Waals surface area contributed by atoms with Gasteiger partial charge in [-0.1, -0.05) is 0 Å². The smallest absolute Gasteiger partial charge is 0.320 e. The summed E-state index contributed by atoms with van der Waals surface area (Å²) in [6, 6.07) is 3.39. The molecule has 0 aliphatic rings. The largest absolute Gasteiger partial charge is 0.480 e. The average Bonchev–Trinajstić information content (AvgIpc) is 2.71. The predicted molar refractivity (Wildman–Crippen MR) is 64.3 cm³/mol. The molecule has 0 aliphatic carbocycles. The van der Waals surface area contributed by atoms with Crippen molar-refractivity contribution in [1.29, 1.82) is 0 Å². The van der Waals surface area contributed by atoms with Crippen LogP contribution in [-0.2, 0) is 11.2 Å². The van der Waals surface area contributed by atoms with Crippen molar-refractivity contribution >= 4 is 22.6 Å². The third kappa shape index (κ3) is 2.16. The van der Waals surface area contributed by atoms with E-state index in [9.17, 15) is 14.9 Å². The maximum Gasteiger partial charge on any atom is 0.320 e. The molecule has 1 heterocycles. The maximum absolute atomic E-state index is 10.7. The van der Waals surface area contributed by atoms with E-state index in [4.69, 9.17) is 10.8 Å². The molecule has 1 atom stereocenters. The van der Waals surface area contributed by atoms with Gasteiger partial charge in [0, 0.05) is 30.1 Å². The molecule has 0 fully saturated rings. The molecule has 0 aliphatic heterocycles. The van der Waals surface area contributed by atoms with Gasteiger partial charge >= 0.3 is 5.97 Å². The molecule has 2 rings (SSSR count). The van der Waals surface area contributed by atoms with Crippen molar-refractivity contribution in [2.45, 2.75) is 12.5 Å². The summed E-state index contributed by atoms with van der Waals surface area (Å²) in [6.07, 6.45) is 1.80. The Morgan fingerprint density at radius 3 is 2.89 bits per heavy atom. The minimum atomic E-state index is -1.08. The molecule has 1 aromatic carbocycles. The van der Waals surface area contributed by atoms with Gasteiger partial charge in [0.2, 0.25) is 0 Å². The average molecular weight is 249 g/mol. The zero-order chi connectivity index (χ0) is 13.3. The van der Waals surface area contributed by atoms with Crippen molar-refractivity contribution in [3.63, 3.8) is 0 Å². The normalized spacial score (nSPS) is 12.5. The van der Waals surface area contributed by atoms with Crippen LogP contribution < -0.4 is 5.73 Å². The van der Waals surface area contributed by atoms with Crippen molar-refractivity contribution < 1.29 is 14.8 Å². The van der Waals surface area contributed by atoms with Gasteiger partial charge in [0.15, 0.2) is 0 Å². The van der Waals surface area contributed by atoms with E-state index >= 15 is 0 Å². The quantitative estimate of drug-likeness (QED) is 0.551. The lowest BCUT2D eigenvalue weighted by Crippen LogP contribution is -2.32. The molecule has 0 radical (unpaired) electrons. The highest BCUT2D eigenvalue weighted by molar-refractivity contribution is 5.86. The number of fused-ring (bicyclic) bond motifs is 1. The van der Waals surface area contributed by atoms with E-state index in [0.717, 1.165) is 10.9 Å². The number of hydrogen-bond donors (Lipinski definition) is 3. The Hall–Kier alpha value is -2.41. The number of carboxylic acids is 1. The monoisotopic (exact) mass is 249 g/mol. The number of carboxylic acid groups (broad SMARTS) is 1. The number of nitro benzene ring substituents is 1. The Labute approximate surface area is 101 Å². The lowest BCUT2D eigenvalue weighted by atomic mass is 10.1. The summed E-state index contributed by atoms with van der Waals surface area (Å²) in [4.78, 5) is 23.7. The van der Waals surface area contributed by atoms with E-state index in [1.807, 2.05) is 0 Å². The fourth-order valence-corrected chi connectivity index (χ4v) is 1.78. The molecule has 0 bridgehead atoms. The highest BCUT2D eigenvalue weighted by atomic mass is 16.6. The van der Waals surface area contributed by atoms with Crippen LogP contribution in [0, 0.1) is 10.1 Å². The molecule has 18 heavy (non-hydrogen) atoms. The summed E-state index contributed by atoms with van der Waals surface area (Å²) < 4.78 is 0. The number of H-pyrrole nitrogens is 1. The van der Waals surface area contributed by atoms with E-state index in [0.29, 0.717) is 5.52 Å². The number of nitrogens with one attached hydrogen (secondary N) is 1. The SMILES string of the molecule is N[C@H](Cc1c[nH]c2cc([N+](=O)[O-])ccc12)C(=O)O. The minimum Gasteiger partial charge on any atom is -0.480 e. The van der Waals surface area contributed by atoms with Gasteiger partial charge < -0.3 is 15.8 Å². The van der Waals surface area contributed by atoms with Crippen LogP contribution in [0.15, 0.2) is 24.4 Å². The Balaban J connectivity index is 2.37. The third-order valence-corrected chi connectivity index (χ3v) is 2.72. The Morgan fingerprint density at radius 2 is 2.28 bits per heavy atom. The summed E-state index contributed by atoms with van der Waals surface area (Å²) >= 11 is 0. The molecule has 7 heteroatoms. The van der Waals surface area contributed by atoms with Crippen molar-refractivity contribution in [2.24, 2.45) is 5.73 Å². The molecule has 94 valence electrons. The Kier molecular flexibility index (Phi) is 2.99. The zero-order valence-electron chi connectivity index (χ0n) is 9.29. The van der Waals surface area contributed by atoms with Gasteiger partial charge in [-0.25, -0.2) is 0 Å². The molecule has 7 nitrogen and oxygen atoms in total. The summed E-state index contributed by atoms with van der Waals surface area (Å²) in [5.74, 6) is -1.08. The number of aromatic nitrogens is 1. The Morgan fingerprint density at radius 1 is 1.56 bits per heavy atom. The first-order valence-electron chi connectivity index (χ1n) is 5.22. The van der Waals surface area contributed by atoms with Crippen molar-refractivity contribution in [2.75, 3.05) is 0 Å². The van der Waals surface area contributed by atoms with E-state index < -0.39 is 16.9 Å². The first kappa shape index (κ1) is 12.1. The van der Waals surface area contributed by atoms with Crippen LogP contribution in [0.25, 0.3) is 10.9 Å². The van der Waals surface area contributed by atoms with Gasteiger partial charge in [0.25, 0.3) is 5.69 Å². The minimum absolute atomic E-state index is 0.0153. The molecule has 0 spiro atoms. The van der Waals surface area contributed by atoms with Crippen molar-refractivity contribution in [3.05, 3.63) is 40.1 Å². The van der Waals surface area contributed by atoms with Gasteiger partial charge in [-0.15, -0.1) is 0 Å². The van der Waals surface area contributed by atoms with Gasteiger partial charge in [0.05, 0.1) is 10.4 Å². The third-order valence-electron chi connectivity index (χ3n) is 2.72. The summed E-state index contributed by atoms with van der Waals surface area (Å²) in [5, 5.41) is 20.1. The highest BCUT2D eigenvalue weighted by Crippen LogP contribution is 2.23. The second kappa shape index (κ2) is 4.46. The van der Waals surface area contributed by atoms with Crippen LogP contribution in [0.4, 0.5) is 5.69 Å². The highest BCUT2D eigenvalue weighted by Gasteiger charge is 2.16. The van der Waals surface area contributed by atoms with Crippen LogP contribution in [0.2, 0.25) is 0 Å². The number of non-ortho nitro benzene ring substituents is 1. The fourth-order valence-electron chi connectivity index (χ4n) is 1.78. The standard InChI is InChI=1S/C11H11N3O4/c12-9(11(15)16)3-6-5-13-10-4-7(14(17)18)1-2-8(6)10/h1-2,4-5,9,13H,3,12H2,(H,15,16)/t9-/m1/s1. The van der Waals surface area contributed by atoms with Crippen LogP contribution >= 0.6 is 0 Å². The van der Waals surface area contributed by atoms with Gasteiger partial charge in [-0.3, -0.25) is 14.9 Å². The van der Waals surface area contributed by atoms with Crippen LogP contribution in [0.1, 0.15) is 5.56 Å². The van der Waals surface area contributed by atoms with Gasteiger partial charge in [-0.2, -0.15) is 0 Å². The number of nitrogens with zero attached hydrogens (tertiary/aromatic N) is 1. The summed E-state index contributed by atoms with van der Waals surface area (Å²) in [6.45, 7) is 0. The lowest BCUT2D eigenvalue weighted by Gasteiger charge is -2.04.